The predicted octanol–water partition coefficient (Wildman–Crippen LogP) is 3.21. The highest BCUT2D eigenvalue weighted by atomic mass is 16.2. The summed E-state index contributed by atoms with van der Waals surface area (Å²) in [6, 6.07) is 10.2. The van der Waals surface area contributed by atoms with E-state index in [4.69, 9.17) is 5.73 Å². The van der Waals surface area contributed by atoms with Crippen molar-refractivity contribution >= 4 is 22.7 Å². The molecule has 2 aliphatic heterocycles. The Morgan fingerprint density at radius 3 is 2.45 bits per heavy atom. The number of hydrogen-bond donors (Lipinski definition) is 1. The molecular weight excluding hydrogens is 388 g/mol. The number of primary amides is 1. The van der Waals surface area contributed by atoms with Crippen LogP contribution in [0.25, 0.3) is 10.9 Å². The van der Waals surface area contributed by atoms with Crippen molar-refractivity contribution in [3.63, 3.8) is 0 Å². The minimum Gasteiger partial charge on any atom is -0.369 e. The standard InChI is InChI=1S/C25H32N4O2/c26-24(31)25(17-18-3-4-18)9-14-28(15-10-25)21-7-12-29(13-8-21)23(30)20-5-6-22-19(16-20)2-1-11-27-22/h1-2,5-6,11,16,18,21H,3-4,7-10,12-15,17H2,(H2,26,31). The Balaban J connectivity index is 1.17. The maximum Gasteiger partial charge on any atom is 0.253 e. The summed E-state index contributed by atoms with van der Waals surface area (Å²) in [7, 11) is 0. The van der Waals surface area contributed by atoms with Crippen LogP contribution in [-0.4, -0.2) is 58.8 Å². The van der Waals surface area contributed by atoms with E-state index in [0.717, 1.165) is 80.7 Å². The highest BCUT2D eigenvalue weighted by molar-refractivity contribution is 5.98. The third kappa shape index (κ3) is 4.18. The summed E-state index contributed by atoms with van der Waals surface area (Å²) in [5, 5.41) is 1.00. The highest BCUT2D eigenvalue weighted by Gasteiger charge is 2.44. The molecule has 3 heterocycles. The molecule has 6 nitrogen and oxygen atoms in total. The fourth-order valence-corrected chi connectivity index (χ4v) is 5.57. The third-order valence-corrected chi connectivity index (χ3v) is 7.77. The zero-order valence-corrected chi connectivity index (χ0v) is 18.1. The Kier molecular flexibility index (Phi) is 5.42. The average molecular weight is 421 g/mol. The molecule has 3 aliphatic rings. The molecule has 2 N–H and O–H groups in total. The van der Waals surface area contributed by atoms with Crippen LogP contribution in [0.4, 0.5) is 0 Å². The number of benzene rings is 1. The lowest BCUT2D eigenvalue weighted by molar-refractivity contribution is -0.132. The van der Waals surface area contributed by atoms with Gasteiger partial charge in [0.15, 0.2) is 0 Å². The Morgan fingerprint density at radius 2 is 1.77 bits per heavy atom. The van der Waals surface area contributed by atoms with Crippen molar-refractivity contribution in [3.05, 3.63) is 42.1 Å². The molecular formula is C25H32N4O2. The minimum atomic E-state index is -0.278. The van der Waals surface area contributed by atoms with Gasteiger partial charge in [-0.25, -0.2) is 0 Å². The number of aromatic nitrogens is 1. The summed E-state index contributed by atoms with van der Waals surface area (Å²) >= 11 is 0. The van der Waals surface area contributed by atoms with Gasteiger partial charge in [-0.05, 0) is 75.4 Å². The smallest absolute Gasteiger partial charge is 0.253 e. The molecule has 2 amide bonds. The van der Waals surface area contributed by atoms with E-state index < -0.39 is 0 Å². The highest BCUT2D eigenvalue weighted by Crippen LogP contribution is 2.46. The lowest BCUT2D eigenvalue weighted by Gasteiger charge is -2.45. The molecule has 5 rings (SSSR count). The van der Waals surface area contributed by atoms with E-state index in [1.54, 1.807) is 6.20 Å². The van der Waals surface area contributed by atoms with Crippen molar-refractivity contribution in [2.45, 2.75) is 51.0 Å². The molecule has 1 aromatic heterocycles. The number of likely N-dealkylation sites (tertiary alicyclic amines) is 2. The SMILES string of the molecule is NC(=O)C1(CC2CC2)CCN(C2CCN(C(=O)c3ccc4ncccc4c3)CC2)CC1. The molecule has 164 valence electrons. The van der Waals surface area contributed by atoms with Gasteiger partial charge >= 0.3 is 0 Å². The number of hydrogen-bond acceptors (Lipinski definition) is 4. The van der Waals surface area contributed by atoms with Gasteiger partial charge in [0.05, 0.1) is 10.9 Å². The minimum absolute atomic E-state index is 0.0925. The first-order valence-corrected chi connectivity index (χ1v) is 11.7. The molecule has 0 radical (unpaired) electrons. The molecule has 1 aliphatic carbocycles. The fraction of sp³-hybridized carbons (Fsp3) is 0.560. The number of nitrogens with zero attached hydrogens (tertiary/aromatic N) is 3. The fourth-order valence-electron chi connectivity index (χ4n) is 5.57. The molecule has 2 aromatic rings. The van der Waals surface area contributed by atoms with E-state index in [-0.39, 0.29) is 17.2 Å². The summed E-state index contributed by atoms with van der Waals surface area (Å²) in [5.41, 5.74) is 7.21. The maximum absolute atomic E-state index is 13.0. The molecule has 1 aromatic carbocycles. The quantitative estimate of drug-likeness (QED) is 0.806. The van der Waals surface area contributed by atoms with E-state index in [1.165, 1.54) is 12.8 Å². The second-order valence-corrected chi connectivity index (χ2v) is 9.76. The van der Waals surface area contributed by atoms with E-state index >= 15 is 0 Å². The normalized spacial score (nSPS) is 22.5. The third-order valence-electron chi connectivity index (χ3n) is 7.77. The van der Waals surface area contributed by atoms with E-state index in [0.29, 0.717) is 6.04 Å². The number of piperidine rings is 2. The number of amides is 2. The van der Waals surface area contributed by atoms with Crippen LogP contribution in [-0.2, 0) is 4.79 Å². The lowest BCUT2D eigenvalue weighted by Crippen LogP contribution is -2.53. The van der Waals surface area contributed by atoms with Crippen LogP contribution in [0.5, 0.6) is 0 Å². The zero-order chi connectivity index (χ0) is 21.4. The van der Waals surface area contributed by atoms with Crippen LogP contribution >= 0.6 is 0 Å². The molecule has 6 heteroatoms. The largest absolute Gasteiger partial charge is 0.369 e. The number of carbonyl (C=O) groups excluding carboxylic acids is 2. The van der Waals surface area contributed by atoms with Crippen LogP contribution in [0.1, 0.15) is 55.3 Å². The molecule has 0 spiro atoms. The Bertz CT molecular complexity index is 970. The van der Waals surface area contributed by atoms with Gasteiger partial charge in [0.1, 0.15) is 0 Å². The summed E-state index contributed by atoms with van der Waals surface area (Å²) in [5.74, 6) is 0.740. The molecule has 0 bridgehead atoms. The summed E-state index contributed by atoms with van der Waals surface area (Å²) in [6.45, 7) is 3.47. The number of fused-ring (bicyclic) bond motifs is 1. The van der Waals surface area contributed by atoms with Gasteiger partial charge in [0.2, 0.25) is 5.91 Å². The van der Waals surface area contributed by atoms with Crippen molar-refractivity contribution in [1.82, 2.24) is 14.8 Å². The predicted molar refractivity (Wildman–Crippen MR) is 120 cm³/mol. The monoisotopic (exact) mass is 420 g/mol. The van der Waals surface area contributed by atoms with Gasteiger partial charge in [-0.1, -0.05) is 18.9 Å². The van der Waals surface area contributed by atoms with Crippen LogP contribution in [0.15, 0.2) is 36.5 Å². The van der Waals surface area contributed by atoms with Crippen LogP contribution < -0.4 is 5.73 Å². The molecule has 31 heavy (non-hydrogen) atoms. The number of pyridine rings is 1. The number of carbonyl (C=O) groups is 2. The maximum atomic E-state index is 13.0. The lowest BCUT2D eigenvalue weighted by atomic mass is 9.73. The molecule has 3 fully saturated rings. The second-order valence-electron chi connectivity index (χ2n) is 9.76. The number of nitrogens with two attached hydrogens (primary N) is 1. The average Bonchev–Trinajstić information content (AvgIpc) is 3.62. The Hall–Kier alpha value is -2.47. The van der Waals surface area contributed by atoms with Crippen molar-refractivity contribution < 1.29 is 9.59 Å². The first kappa shape index (κ1) is 20.4. The first-order valence-electron chi connectivity index (χ1n) is 11.7. The molecule has 0 unspecified atom stereocenters. The van der Waals surface area contributed by atoms with Gasteiger partial charge in [0, 0.05) is 36.3 Å². The van der Waals surface area contributed by atoms with Crippen molar-refractivity contribution in [2.24, 2.45) is 17.1 Å². The van der Waals surface area contributed by atoms with Gasteiger partial charge in [-0.15, -0.1) is 0 Å². The summed E-state index contributed by atoms with van der Waals surface area (Å²) < 4.78 is 0. The van der Waals surface area contributed by atoms with E-state index in [9.17, 15) is 9.59 Å². The molecule has 1 saturated carbocycles. The van der Waals surface area contributed by atoms with Crippen molar-refractivity contribution in [3.8, 4) is 0 Å². The van der Waals surface area contributed by atoms with Crippen LogP contribution in [0.2, 0.25) is 0 Å². The van der Waals surface area contributed by atoms with Gasteiger partial charge in [0.25, 0.3) is 5.91 Å². The van der Waals surface area contributed by atoms with E-state index in [1.807, 2.05) is 35.2 Å². The van der Waals surface area contributed by atoms with Crippen molar-refractivity contribution in [2.75, 3.05) is 26.2 Å². The number of rotatable bonds is 5. The summed E-state index contributed by atoms with van der Waals surface area (Å²) in [6.07, 6.45) is 9.06. The van der Waals surface area contributed by atoms with E-state index in [2.05, 4.69) is 9.88 Å². The second kappa shape index (κ2) is 8.23. The molecule has 2 saturated heterocycles. The summed E-state index contributed by atoms with van der Waals surface area (Å²) in [4.78, 5) is 34.1. The van der Waals surface area contributed by atoms with Gasteiger partial charge in [-0.3, -0.25) is 14.6 Å². The van der Waals surface area contributed by atoms with Crippen molar-refractivity contribution in [1.29, 1.82) is 0 Å². The Morgan fingerprint density at radius 1 is 1.03 bits per heavy atom. The topological polar surface area (TPSA) is 79.5 Å². The van der Waals surface area contributed by atoms with Gasteiger partial charge < -0.3 is 15.5 Å². The zero-order valence-electron chi connectivity index (χ0n) is 18.1. The van der Waals surface area contributed by atoms with Crippen LogP contribution in [0, 0.1) is 11.3 Å². The Labute approximate surface area is 183 Å². The molecule has 0 atom stereocenters. The van der Waals surface area contributed by atoms with Gasteiger partial charge in [-0.2, -0.15) is 0 Å². The first-order chi connectivity index (χ1) is 15.0. The van der Waals surface area contributed by atoms with Crippen LogP contribution in [0.3, 0.4) is 0 Å².